The van der Waals surface area contributed by atoms with E-state index in [1.54, 1.807) is 0 Å². The predicted molar refractivity (Wildman–Crippen MR) is 62.2 cm³/mol. The standard InChI is InChI=1S/C12H22N2O2/c1-10(9-14-5-7-16-8-6-14)13-12(15)11-3-2-4-11/h10-11H,2-9H2,1H3,(H,13,15). The number of amides is 1. The van der Waals surface area contributed by atoms with Crippen LogP contribution in [0.15, 0.2) is 0 Å². The van der Waals surface area contributed by atoms with Crippen LogP contribution >= 0.6 is 0 Å². The predicted octanol–water partition coefficient (Wildman–Crippen LogP) is 0.623. The molecule has 2 rings (SSSR count). The van der Waals surface area contributed by atoms with Crippen molar-refractivity contribution in [3.8, 4) is 0 Å². The third kappa shape index (κ3) is 3.19. The molecule has 1 heterocycles. The molecule has 0 aromatic carbocycles. The first kappa shape index (κ1) is 11.9. The van der Waals surface area contributed by atoms with Crippen LogP contribution in [0.25, 0.3) is 0 Å². The van der Waals surface area contributed by atoms with E-state index >= 15 is 0 Å². The Bertz CT molecular complexity index is 235. The summed E-state index contributed by atoms with van der Waals surface area (Å²) in [7, 11) is 0. The van der Waals surface area contributed by atoms with Gasteiger partial charge in [0, 0.05) is 31.6 Å². The first-order chi connectivity index (χ1) is 7.75. The van der Waals surface area contributed by atoms with Crippen LogP contribution in [0, 0.1) is 5.92 Å². The largest absolute Gasteiger partial charge is 0.379 e. The van der Waals surface area contributed by atoms with Gasteiger partial charge in [-0.25, -0.2) is 0 Å². The fourth-order valence-corrected chi connectivity index (χ4v) is 2.25. The maximum Gasteiger partial charge on any atom is 0.223 e. The first-order valence-electron chi connectivity index (χ1n) is 6.36. The molecule has 0 aromatic rings. The zero-order chi connectivity index (χ0) is 11.4. The van der Waals surface area contributed by atoms with E-state index in [0.717, 1.165) is 45.7 Å². The van der Waals surface area contributed by atoms with E-state index in [9.17, 15) is 4.79 Å². The first-order valence-corrected chi connectivity index (χ1v) is 6.36. The van der Waals surface area contributed by atoms with Crippen molar-refractivity contribution < 1.29 is 9.53 Å². The molecular weight excluding hydrogens is 204 g/mol. The highest BCUT2D eigenvalue weighted by Gasteiger charge is 2.26. The second-order valence-electron chi connectivity index (χ2n) is 4.95. The lowest BCUT2D eigenvalue weighted by Crippen LogP contribution is -2.48. The number of hydrogen-bond acceptors (Lipinski definition) is 3. The minimum absolute atomic E-state index is 0.256. The van der Waals surface area contributed by atoms with Gasteiger partial charge in [-0.15, -0.1) is 0 Å². The van der Waals surface area contributed by atoms with Crippen molar-refractivity contribution in [2.45, 2.75) is 32.2 Å². The Hall–Kier alpha value is -0.610. The van der Waals surface area contributed by atoms with E-state index in [-0.39, 0.29) is 11.9 Å². The Morgan fingerprint density at radius 3 is 2.69 bits per heavy atom. The van der Waals surface area contributed by atoms with E-state index in [0.29, 0.717) is 5.92 Å². The van der Waals surface area contributed by atoms with Gasteiger partial charge in [-0.2, -0.15) is 0 Å². The minimum atomic E-state index is 0.256. The molecule has 0 radical (unpaired) electrons. The normalized spacial score (nSPS) is 24.8. The summed E-state index contributed by atoms with van der Waals surface area (Å²) >= 11 is 0. The zero-order valence-corrected chi connectivity index (χ0v) is 10.1. The fraction of sp³-hybridized carbons (Fsp3) is 0.917. The molecule has 1 atom stereocenters. The molecule has 0 bridgehead atoms. The van der Waals surface area contributed by atoms with E-state index in [2.05, 4.69) is 17.1 Å². The van der Waals surface area contributed by atoms with Gasteiger partial charge in [-0.3, -0.25) is 9.69 Å². The lowest BCUT2D eigenvalue weighted by Gasteiger charge is -2.31. The minimum Gasteiger partial charge on any atom is -0.379 e. The summed E-state index contributed by atoms with van der Waals surface area (Å²) < 4.78 is 5.30. The van der Waals surface area contributed by atoms with Crippen LogP contribution in [0.4, 0.5) is 0 Å². The lowest BCUT2D eigenvalue weighted by molar-refractivity contribution is -0.128. The zero-order valence-electron chi connectivity index (χ0n) is 10.1. The molecule has 2 aliphatic rings. The van der Waals surface area contributed by atoms with E-state index in [1.807, 2.05) is 0 Å². The maximum atomic E-state index is 11.7. The molecule has 0 spiro atoms. The van der Waals surface area contributed by atoms with Gasteiger partial charge in [0.05, 0.1) is 13.2 Å². The number of nitrogens with one attached hydrogen (secondary N) is 1. The van der Waals surface area contributed by atoms with E-state index in [1.165, 1.54) is 6.42 Å². The maximum absolute atomic E-state index is 11.7. The molecular formula is C12H22N2O2. The number of ether oxygens (including phenoxy) is 1. The summed E-state index contributed by atoms with van der Waals surface area (Å²) in [6.07, 6.45) is 3.38. The number of hydrogen-bond donors (Lipinski definition) is 1. The highest BCUT2D eigenvalue weighted by atomic mass is 16.5. The Morgan fingerprint density at radius 2 is 2.12 bits per heavy atom. The Kier molecular flexibility index (Phi) is 4.18. The van der Waals surface area contributed by atoms with Gasteiger partial charge in [0.1, 0.15) is 0 Å². The molecule has 1 N–H and O–H groups in total. The quantitative estimate of drug-likeness (QED) is 0.764. The molecule has 1 unspecified atom stereocenters. The van der Waals surface area contributed by atoms with Gasteiger partial charge >= 0.3 is 0 Å². The molecule has 92 valence electrons. The SMILES string of the molecule is CC(CN1CCOCC1)NC(=O)C1CCC1. The van der Waals surface area contributed by atoms with Gasteiger partial charge in [0.25, 0.3) is 0 Å². The summed E-state index contributed by atoms with van der Waals surface area (Å²) in [4.78, 5) is 14.1. The summed E-state index contributed by atoms with van der Waals surface area (Å²) in [5, 5.41) is 3.11. The van der Waals surface area contributed by atoms with Crippen LogP contribution in [-0.4, -0.2) is 49.7 Å². The topological polar surface area (TPSA) is 41.6 Å². The Morgan fingerprint density at radius 1 is 1.44 bits per heavy atom. The molecule has 4 heteroatoms. The number of carbonyl (C=O) groups is 1. The van der Waals surface area contributed by atoms with Crippen molar-refractivity contribution >= 4 is 5.91 Å². The highest BCUT2D eigenvalue weighted by molar-refractivity contribution is 5.79. The molecule has 1 aliphatic heterocycles. The Balaban J connectivity index is 1.66. The van der Waals surface area contributed by atoms with E-state index in [4.69, 9.17) is 4.74 Å². The molecule has 4 nitrogen and oxygen atoms in total. The van der Waals surface area contributed by atoms with Crippen LogP contribution in [0.5, 0.6) is 0 Å². The van der Waals surface area contributed by atoms with Gasteiger partial charge in [-0.05, 0) is 19.8 Å². The molecule has 1 aliphatic carbocycles. The summed E-state index contributed by atoms with van der Waals surface area (Å²) in [6.45, 7) is 6.66. The molecule has 1 saturated carbocycles. The van der Waals surface area contributed by atoms with Crippen molar-refractivity contribution in [2.24, 2.45) is 5.92 Å². The summed E-state index contributed by atoms with van der Waals surface area (Å²) in [5.41, 5.74) is 0. The Labute approximate surface area is 97.3 Å². The van der Waals surface area contributed by atoms with Crippen LogP contribution in [0.2, 0.25) is 0 Å². The third-order valence-electron chi connectivity index (χ3n) is 3.50. The smallest absolute Gasteiger partial charge is 0.223 e. The van der Waals surface area contributed by atoms with Crippen molar-refractivity contribution in [1.82, 2.24) is 10.2 Å². The van der Waals surface area contributed by atoms with Gasteiger partial charge in [0.2, 0.25) is 5.91 Å². The van der Waals surface area contributed by atoms with Gasteiger partial charge in [0.15, 0.2) is 0 Å². The van der Waals surface area contributed by atoms with Gasteiger partial charge in [-0.1, -0.05) is 6.42 Å². The summed E-state index contributed by atoms with van der Waals surface area (Å²) in [6, 6.07) is 0.256. The van der Waals surface area contributed by atoms with Crippen molar-refractivity contribution in [3.05, 3.63) is 0 Å². The van der Waals surface area contributed by atoms with Crippen molar-refractivity contribution in [1.29, 1.82) is 0 Å². The van der Waals surface area contributed by atoms with Crippen LogP contribution in [-0.2, 0) is 9.53 Å². The highest BCUT2D eigenvalue weighted by Crippen LogP contribution is 2.26. The fourth-order valence-electron chi connectivity index (χ4n) is 2.25. The second-order valence-corrected chi connectivity index (χ2v) is 4.95. The van der Waals surface area contributed by atoms with Crippen LogP contribution in [0.1, 0.15) is 26.2 Å². The van der Waals surface area contributed by atoms with Crippen molar-refractivity contribution in [2.75, 3.05) is 32.8 Å². The average Bonchev–Trinajstić information content (AvgIpc) is 2.15. The monoisotopic (exact) mass is 226 g/mol. The van der Waals surface area contributed by atoms with Crippen LogP contribution < -0.4 is 5.32 Å². The van der Waals surface area contributed by atoms with Gasteiger partial charge < -0.3 is 10.1 Å². The molecule has 2 fully saturated rings. The number of rotatable bonds is 4. The number of morpholine rings is 1. The molecule has 0 aromatic heterocycles. The average molecular weight is 226 g/mol. The molecule has 1 amide bonds. The second kappa shape index (κ2) is 5.64. The third-order valence-corrected chi connectivity index (χ3v) is 3.50. The van der Waals surface area contributed by atoms with Crippen molar-refractivity contribution in [3.63, 3.8) is 0 Å². The molecule has 16 heavy (non-hydrogen) atoms. The number of nitrogens with zero attached hydrogens (tertiary/aromatic N) is 1. The molecule has 1 saturated heterocycles. The summed E-state index contributed by atoms with van der Waals surface area (Å²) in [5.74, 6) is 0.555. The number of carbonyl (C=O) groups excluding carboxylic acids is 1. The lowest BCUT2D eigenvalue weighted by atomic mass is 9.84. The van der Waals surface area contributed by atoms with Crippen LogP contribution in [0.3, 0.4) is 0 Å². The van der Waals surface area contributed by atoms with E-state index < -0.39 is 0 Å².